The van der Waals surface area contributed by atoms with Crippen LogP contribution in [0.3, 0.4) is 0 Å². The van der Waals surface area contributed by atoms with Crippen molar-refractivity contribution in [3.05, 3.63) is 35.0 Å². The van der Waals surface area contributed by atoms with Gasteiger partial charge in [0, 0.05) is 11.6 Å². The quantitative estimate of drug-likeness (QED) is 0.760. The molecule has 0 fully saturated rings. The Kier molecular flexibility index (Phi) is 8.50. The van der Waals surface area contributed by atoms with Crippen molar-refractivity contribution in [1.82, 2.24) is 9.88 Å². The molecule has 0 aliphatic rings. The highest BCUT2D eigenvalue weighted by Crippen LogP contribution is 2.31. The first kappa shape index (κ1) is 20.2. The maximum Gasteiger partial charge on any atom is 0.339 e. The molecular weight excluding hydrogens is 328 g/mol. The van der Waals surface area contributed by atoms with E-state index in [2.05, 4.69) is 35.4 Å². The lowest BCUT2D eigenvalue weighted by atomic mass is 10.1. The Morgan fingerprint density at radius 3 is 2.25 bits per heavy atom. The Morgan fingerprint density at radius 2 is 1.79 bits per heavy atom. The first-order chi connectivity index (χ1) is 11.5. The van der Waals surface area contributed by atoms with Gasteiger partial charge in [0.2, 0.25) is 0 Å². The maximum atomic E-state index is 11.4. The Labute approximate surface area is 148 Å². The van der Waals surface area contributed by atoms with E-state index in [1.807, 2.05) is 0 Å². The SMILES string of the molecule is CCN(CC)CC.COC(=O)c1cnc2c(OC)c(Cl)ccc2c1. The van der Waals surface area contributed by atoms with Gasteiger partial charge in [0.05, 0.1) is 24.8 Å². The molecule has 0 saturated carbocycles. The van der Waals surface area contributed by atoms with Crippen molar-refractivity contribution >= 4 is 28.5 Å². The third-order valence-electron chi connectivity index (χ3n) is 3.73. The molecule has 2 aromatic rings. The molecule has 132 valence electrons. The van der Waals surface area contributed by atoms with E-state index < -0.39 is 5.97 Å². The standard InChI is InChI=1S/C12H10ClNO3.C6H15N/c1-16-11-9(13)4-3-7-5-8(12(15)17-2)6-14-10(7)11;1-4-7(5-2)6-3/h3-6H,1-2H3;4-6H2,1-3H3. The molecule has 0 saturated heterocycles. The van der Waals surface area contributed by atoms with Crippen molar-refractivity contribution in [3.8, 4) is 5.75 Å². The molecule has 0 radical (unpaired) electrons. The van der Waals surface area contributed by atoms with Gasteiger partial charge in [0.15, 0.2) is 5.75 Å². The Balaban J connectivity index is 0.000000351. The van der Waals surface area contributed by atoms with Gasteiger partial charge in [-0.2, -0.15) is 0 Å². The zero-order valence-corrected chi connectivity index (χ0v) is 15.7. The molecule has 24 heavy (non-hydrogen) atoms. The van der Waals surface area contributed by atoms with E-state index in [4.69, 9.17) is 16.3 Å². The number of methoxy groups -OCH3 is 2. The van der Waals surface area contributed by atoms with Gasteiger partial charge in [-0.3, -0.25) is 4.98 Å². The highest BCUT2D eigenvalue weighted by Gasteiger charge is 2.11. The predicted octanol–water partition coefficient (Wildman–Crippen LogP) is 4.03. The van der Waals surface area contributed by atoms with Crippen molar-refractivity contribution in [1.29, 1.82) is 0 Å². The van der Waals surface area contributed by atoms with Gasteiger partial charge in [-0.05, 0) is 31.8 Å². The Morgan fingerprint density at radius 1 is 1.17 bits per heavy atom. The van der Waals surface area contributed by atoms with E-state index in [1.165, 1.54) is 40.1 Å². The first-order valence-corrected chi connectivity index (χ1v) is 8.32. The number of aromatic nitrogens is 1. The molecular formula is C18H25ClN2O3. The van der Waals surface area contributed by atoms with Crippen molar-refractivity contribution in [3.63, 3.8) is 0 Å². The zero-order valence-electron chi connectivity index (χ0n) is 14.9. The largest absolute Gasteiger partial charge is 0.493 e. The van der Waals surface area contributed by atoms with Gasteiger partial charge in [-0.25, -0.2) is 4.79 Å². The number of halogens is 1. The minimum absolute atomic E-state index is 0.393. The van der Waals surface area contributed by atoms with Crippen molar-refractivity contribution in [2.24, 2.45) is 0 Å². The van der Waals surface area contributed by atoms with Crippen LogP contribution in [-0.2, 0) is 4.74 Å². The summed E-state index contributed by atoms with van der Waals surface area (Å²) in [6.07, 6.45) is 1.44. The third-order valence-corrected chi connectivity index (χ3v) is 4.02. The van der Waals surface area contributed by atoms with Gasteiger partial charge in [0.1, 0.15) is 5.52 Å². The summed E-state index contributed by atoms with van der Waals surface area (Å²) in [5.74, 6) is 0.0777. The average Bonchev–Trinajstić information content (AvgIpc) is 2.62. The smallest absolute Gasteiger partial charge is 0.339 e. The molecule has 1 heterocycles. The number of hydrogen-bond acceptors (Lipinski definition) is 5. The summed E-state index contributed by atoms with van der Waals surface area (Å²) in [5.41, 5.74) is 1.01. The molecule has 6 heteroatoms. The monoisotopic (exact) mass is 352 g/mol. The van der Waals surface area contributed by atoms with E-state index in [-0.39, 0.29) is 0 Å². The summed E-state index contributed by atoms with van der Waals surface area (Å²) in [6.45, 7) is 10.1. The lowest BCUT2D eigenvalue weighted by molar-refractivity contribution is 0.0600. The fourth-order valence-corrected chi connectivity index (χ4v) is 2.47. The van der Waals surface area contributed by atoms with Crippen LogP contribution in [-0.4, -0.2) is 49.7 Å². The fraction of sp³-hybridized carbons (Fsp3) is 0.444. The second kappa shape index (κ2) is 10.1. The van der Waals surface area contributed by atoms with Gasteiger partial charge in [0.25, 0.3) is 0 Å². The molecule has 0 bridgehead atoms. The van der Waals surface area contributed by atoms with Crippen LogP contribution in [0.25, 0.3) is 10.9 Å². The average molecular weight is 353 g/mol. The lowest BCUT2D eigenvalue weighted by Crippen LogP contribution is -2.21. The molecule has 0 atom stereocenters. The maximum absolute atomic E-state index is 11.4. The minimum Gasteiger partial charge on any atom is -0.493 e. The van der Waals surface area contributed by atoms with Crippen LogP contribution in [0.5, 0.6) is 5.75 Å². The number of pyridine rings is 1. The minimum atomic E-state index is -0.423. The summed E-state index contributed by atoms with van der Waals surface area (Å²) >= 11 is 5.98. The highest BCUT2D eigenvalue weighted by molar-refractivity contribution is 6.33. The highest BCUT2D eigenvalue weighted by atomic mass is 35.5. The van der Waals surface area contributed by atoms with Crippen molar-refractivity contribution < 1.29 is 14.3 Å². The zero-order chi connectivity index (χ0) is 18.1. The Hall–Kier alpha value is -1.85. The molecule has 0 N–H and O–H groups in total. The van der Waals surface area contributed by atoms with Crippen LogP contribution in [0.1, 0.15) is 31.1 Å². The molecule has 0 spiro atoms. The summed E-state index contributed by atoms with van der Waals surface area (Å²) < 4.78 is 9.80. The van der Waals surface area contributed by atoms with Crippen LogP contribution in [0.15, 0.2) is 24.4 Å². The second-order valence-corrected chi connectivity index (χ2v) is 5.39. The number of fused-ring (bicyclic) bond motifs is 1. The normalized spacial score (nSPS) is 10.3. The van der Waals surface area contributed by atoms with Crippen LogP contribution >= 0.6 is 11.6 Å². The van der Waals surface area contributed by atoms with Crippen LogP contribution in [0.4, 0.5) is 0 Å². The number of esters is 1. The van der Waals surface area contributed by atoms with Gasteiger partial charge in [-0.1, -0.05) is 38.4 Å². The van der Waals surface area contributed by atoms with Gasteiger partial charge < -0.3 is 14.4 Å². The fourth-order valence-electron chi connectivity index (χ4n) is 2.24. The van der Waals surface area contributed by atoms with Gasteiger partial charge >= 0.3 is 5.97 Å². The number of carbonyl (C=O) groups is 1. The molecule has 5 nitrogen and oxygen atoms in total. The van der Waals surface area contributed by atoms with Crippen molar-refractivity contribution in [2.75, 3.05) is 33.9 Å². The number of benzene rings is 1. The van der Waals surface area contributed by atoms with Crippen LogP contribution in [0, 0.1) is 0 Å². The Bertz CT molecular complexity index is 667. The first-order valence-electron chi connectivity index (χ1n) is 7.95. The summed E-state index contributed by atoms with van der Waals surface area (Å²) in [6, 6.07) is 5.16. The van der Waals surface area contributed by atoms with E-state index in [0.717, 1.165) is 5.39 Å². The van der Waals surface area contributed by atoms with E-state index >= 15 is 0 Å². The molecule has 0 unspecified atom stereocenters. The van der Waals surface area contributed by atoms with E-state index in [9.17, 15) is 4.79 Å². The number of carbonyl (C=O) groups excluding carboxylic acids is 1. The van der Waals surface area contributed by atoms with E-state index in [0.29, 0.717) is 21.9 Å². The predicted molar refractivity (Wildman–Crippen MR) is 98.1 cm³/mol. The molecule has 2 rings (SSSR count). The van der Waals surface area contributed by atoms with Gasteiger partial charge in [-0.15, -0.1) is 0 Å². The van der Waals surface area contributed by atoms with Crippen molar-refractivity contribution in [2.45, 2.75) is 20.8 Å². The number of nitrogens with zero attached hydrogens (tertiary/aromatic N) is 2. The summed E-state index contributed by atoms with van der Waals surface area (Å²) in [5, 5.41) is 1.26. The molecule has 1 aromatic carbocycles. The number of hydrogen-bond donors (Lipinski definition) is 0. The summed E-state index contributed by atoms with van der Waals surface area (Å²) in [7, 11) is 2.85. The van der Waals surface area contributed by atoms with E-state index in [1.54, 1.807) is 18.2 Å². The molecule has 1 aromatic heterocycles. The number of ether oxygens (including phenoxy) is 2. The topological polar surface area (TPSA) is 51.7 Å². The second-order valence-electron chi connectivity index (χ2n) is 4.99. The summed E-state index contributed by atoms with van der Waals surface area (Å²) in [4.78, 5) is 17.9. The lowest BCUT2D eigenvalue weighted by Gasteiger charge is -2.13. The number of rotatable bonds is 5. The molecule has 0 aliphatic carbocycles. The van der Waals surface area contributed by atoms with Crippen LogP contribution < -0.4 is 4.74 Å². The molecule has 0 amide bonds. The van der Waals surface area contributed by atoms with Crippen LogP contribution in [0.2, 0.25) is 5.02 Å². The third kappa shape index (κ3) is 5.08. The molecule has 0 aliphatic heterocycles.